The first kappa shape index (κ1) is 13.8. The van der Waals surface area contributed by atoms with E-state index in [0.29, 0.717) is 5.56 Å². The molecule has 0 aliphatic rings. The van der Waals surface area contributed by atoms with Gasteiger partial charge in [-0.3, -0.25) is 4.79 Å². The van der Waals surface area contributed by atoms with Crippen LogP contribution >= 0.6 is 0 Å². The molecule has 0 aliphatic carbocycles. The van der Waals surface area contributed by atoms with Gasteiger partial charge in [0.05, 0.1) is 0 Å². The van der Waals surface area contributed by atoms with Crippen LogP contribution in [0.4, 0.5) is 0 Å². The highest BCUT2D eigenvalue weighted by atomic mass is 16.4. The molecule has 0 aliphatic heterocycles. The number of carbonyl (C=O) groups is 2. The molecule has 0 unspecified atom stereocenters. The lowest BCUT2D eigenvalue weighted by molar-refractivity contribution is -0.132. The van der Waals surface area contributed by atoms with E-state index in [2.05, 4.69) is 13.2 Å². The van der Waals surface area contributed by atoms with Crippen molar-refractivity contribution in [2.45, 2.75) is 6.92 Å². The average molecular weight is 218 g/mol. The van der Waals surface area contributed by atoms with E-state index >= 15 is 0 Å². The summed E-state index contributed by atoms with van der Waals surface area (Å²) in [5, 5.41) is 7.89. The third-order valence-electron chi connectivity index (χ3n) is 1.61. The second-order valence-electron chi connectivity index (χ2n) is 3.02. The van der Waals surface area contributed by atoms with Crippen molar-refractivity contribution in [3.05, 3.63) is 60.7 Å². The zero-order chi connectivity index (χ0) is 12.6. The van der Waals surface area contributed by atoms with Crippen molar-refractivity contribution in [3.63, 3.8) is 0 Å². The van der Waals surface area contributed by atoms with Gasteiger partial charge in [-0.05, 0) is 13.0 Å². The Kier molecular flexibility index (Phi) is 6.21. The molecule has 0 saturated heterocycles. The minimum absolute atomic E-state index is 0.0272. The Morgan fingerprint density at radius 2 is 1.69 bits per heavy atom. The fourth-order valence-corrected chi connectivity index (χ4v) is 0.720. The summed E-state index contributed by atoms with van der Waals surface area (Å²) < 4.78 is 0. The Hall–Kier alpha value is -2.16. The summed E-state index contributed by atoms with van der Waals surface area (Å²) in [4.78, 5) is 20.5. The van der Waals surface area contributed by atoms with Crippen molar-refractivity contribution in [1.29, 1.82) is 0 Å². The predicted octanol–water partition coefficient (Wildman–Crippen LogP) is 2.70. The fraction of sp³-hybridized carbons (Fsp3) is 0.0769. The van der Waals surface area contributed by atoms with Crippen LogP contribution in [0, 0.1) is 0 Å². The van der Waals surface area contributed by atoms with Crippen molar-refractivity contribution in [2.24, 2.45) is 0 Å². The second-order valence-corrected chi connectivity index (χ2v) is 3.02. The van der Waals surface area contributed by atoms with E-state index in [0.717, 1.165) is 0 Å². The monoisotopic (exact) mass is 218 g/mol. The zero-order valence-corrected chi connectivity index (χ0v) is 9.14. The highest BCUT2D eigenvalue weighted by molar-refractivity contribution is 6.04. The third-order valence-corrected chi connectivity index (χ3v) is 1.61. The highest BCUT2D eigenvalue weighted by Gasteiger charge is 1.95. The molecule has 1 aromatic rings. The van der Waals surface area contributed by atoms with Crippen LogP contribution in [0.1, 0.15) is 17.3 Å². The number of allylic oxidation sites excluding steroid dienone is 1. The highest BCUT2D eigenvalue weighted by Crippen LogP contribution is 1.99. The molecule has 1 aromatic carbocycles. The van der Waals surface area contributed by atoms with E-state index in [4.69, 9.17) is 5.11 Å². The number of carbonyl (C=O) groups excluding carboxylic acids is 1. The molecule has 0 saturated carbocycles. The predicted molar refractivity (Wildman–Crippen MR) is 63.4 cm³/mol. The molecule has 16 heavy (non-hydrogen) atoms. The van der Waals surface area contributed by atoms with Crippen LogP contribution in [0.2, 0.25) is 0 Å². The smallest absolute Gasteiger partial charge is 0.330 e. The van der Waals surface area contributed by atoms with E-state index < -0.39 is 5.97 Å². The first-order valence-electron chi connectivity index (χ1n) is 4.59. The van der Waals surface area contributed by atoms with Gasteiger partial charge in [-0.15, -0.1) is 0 Å². The average Bonchev–Trinajstić information content (AvgIpc) is 2.30. The molecule has 0 atom stereocenters. The van der Waals surface area contributed by atoms with Crippen molar-refractivity contribution < 1.29 is 14.7 Å². The summed E-state index contributed by atoms with van der Waals surface area (Å²) in [5.41, 5.74) is 0.868. The van der Waals surface area contributed by atoms with Gasteiger partial charge in [0, 0.05) is 11.1 Å². The first-order valence-corrected chi connectivity index (χ1v) is 4.59. The van der Waals surface area contributed by atoms with Gasteiger partial charge >= 0.3 is 5.97 Å². The zero-order valence-electron chi connectivity index (χ0n) is 9.14. The standard InChI is InChI=1S/C9H8O.C4H6O2/c1-2-9(10)8-6-4-3-5-7-8;1-3(2)4(5)6/h2-7H,1H2;1H2,2H3,(H,5,6). The number of carboxylic acids is 1. The molecule has 3 nitrogen and oxygen atoms in total. The van der Waals surface area contributed by atoms with Crippen LogP contribution in [0.5, 0.6) is 0 Å². The molecule has 1 rings (SSSR count). The van der Waals surface area contributed by atoms with Gasteiger partial charge in [-0.2, -0.15) is 0 Å². The summed E-state index contributed by atoms with van der Waals surface area (Å²) in [6, 6.07) is 9.07. The molecular weight excluding hydrogens is 204 g/mol. The van der Waals surface area contributed by atoms with Crippen LogP contribution in [0.25, 0.3) is 0 Å². The summed E-state index contributed by atoms with van der Waals surface area (Å²) in [5.74, 6) is -0.962. The van der Waals surface area contributed by atoms with Gasteiger partial charge in [0.25, 0.3) is 0 Å². The van der Waals surface area contributed by atoms with Crippen LogP contribution in [-0.4, -0.2) is 16.9 Å². The van der Waals surface area contributed by atoms with Crippen LogP contribution in [0.3, 0.4) is 0 Å². The first-order chi connectivity index (χ1) is 7.49. The van der Waals surface area contributed by atoms with E-state index in [1.54, 1.807) is 12.1 Å². The maximum Gasteiger partial charge on any atom is 0.330 e. The van der Waals surface area contributed by atoms with Crippen molar-refractivity contribution in [2.75, 3.05) is 0 Å². The molecular formula is C13H14O3. The largest absolute Gasteiger partial charge is 0.478 e. The Morgan fingerprint density at radius 1 is 1.25 bits per heavy atom. The van der Waals surface area contributed by atoms with E-state index in [1.165, 1.54) is 13.0 Å². The topological polar surface area (TPSA) is 54.4 Å². The molecule has 0 amide bonds. The van der Waals surface area contributed by atoms with Crippen LogP contribution in [0.15, 0.2) is 55.1 Å². The Labute approximate surface area is 94.7 Å². The normalized spacial score (nSPS) is 8.31. The van der Waals surface area contributed by atoms with Crippen LogP contribution < -0.4 is 0 Å². The SMILES string of the molecule is C=C(C)C(=O)O.C=CC(=O)c1ccccc1. The van der Waals surface area contributed by atoms with Crippen molar-refractivity contribution in [3.8, 4) is 0 Å². The lowest BCUT2D eigenvalue weighted by Gasteiger charge is -1.90. The lowest BCUT2D eigenvalue weighted by Crippen LogP contribution is -1.92. The molecule has 1 N–H and O–H groups in total. The van der Waals surface area contributed by atoms with Gasteiger partial charge in [0.1, 0.15) is 0 Å². The number of ketones is 1. The Bertz CT molecular complexity index is 379. The summed E-state index contributed by atoms with van der Waals surface area (Å²) in [7, 11) is 0. The van der Waals surface area contributed by atoms with Gasteiger partial charge in [-0.1, -0.05) is 43.5 Å². The van der Waals surface area contributed by atoms with Gasteiger partial charge in [0.15, 0.2) is 5.78 Å². The Morgan fingerprint density at radius 3 is 2.00 bits per heavy atom. The lowest BCUT2D eigenvalue weighted by atomic mass is 10.1. The minimum atomic E-state index is -0.935. The van der Waals surface area contributed by atoms with Crippen molar-refractivity contribution >= 4 is 11.8 Å². The fourth-order valence-electron chi connectivity index (χ4n) is 0.720. The van der Waals surface area contributed by atoms with Gasteiger partial charge in [-0.25, -0.2) is 4.79 Å². The summed E-state index contributed by atoms with van der Waals surface area (Å²) >= 11 is 0. The molecule has 3 heteroatoms. The quantitative estimate of drug-likeness (QED) is 0.626. The molecule has 0 spiro atoms. The van der Waals surface area contributed by atoms with E-state index in [9.17, 15) is 9.59 Å². The third kappa shape index (κ3) is 5.54. The number of hydrogen-bond donors (Lipinski definition) is 1. The second kappa shape index (κ2) is 7.17. The number of rotatable bonds is 3. The van der Waals surface area contributed by atoms with Gasteiger partial charge in [0.2, 0.25) is 0 Å². The maximum absolute atomic E-state index is 10.9. The number of aliphatic carboxylic acids is 1. The van der Waals surface area contributed by atoms with E-state index in [-0.39, 0.29) is 11.4 Å². The number of hydrogen-bond acceptors (Lipinski definition) is 2. The Balaban J connectivity index is 0.000000325. The minimum Gasteiger partial charge on any atom is -0.478 e. The maximum atomic E-state index is 10.9. The summed E-state index contributed by atoms with van der Waals surface area (Å²) in [6.45, 7) is 7.99. The van der Waals surface area contributed by atoms with Crippen LogP contribution in [-0.2, 0) is 4.79 Å². The summed E-state index contributed by atoms with van der Waals surface area (Å²) in [6.07, 6.45) is 1.31. The molecule has 0 heterocycles. The van der Waals surface area contributed by atoms with Crippen molar-refractivity contribution in [1.82, 2.24) is 0 Å². The van der Waals surface area contributed by atoms with Gasteiger partial charge < -0.3 is 5.11 Å². The molecule has 0 aromatic heterocycles. The molecule has 0 bridgehead atoms. The molecule has 0 radical (unpaired) electrons. The molecule has 0 fully saturated rings. The number of carboxylic acid groups (broad SMARTS) is 1. The molecule has 84 valence electrons. The number of benzene rings is 1. The van der Waals surface area contributed by atoms with E-state index in [1.807, 2.05) is 18.2 Å².